The van der Waals surface area contributed by atoms with E-state index in [9.17, 15) is 24.3 Å². The van der Waals surface area contributed by atoms with Crippen molar-refractivity contribution in [2.75, 3.05) is 25.6 Å². The summed E-state index contributed by atoms with van der Waals surface area (Å²) >= 11 is 1.58. The van der Waals surface area contributed by atoms with E-state index in [1.165, 1.54) is 0 Å². The third-order valence-corrected chi connectivity index (χ3v) is 12.1. The first-order chi connectivity index (χ1) is 28.8. The Morgan fingerprint density at radius 1 is 0.831 bits per heavy atom. The second-order valence-electron chi connectivity index (χ2n) is 15.0. The minimum absolute atomic E-state index is 0.0755. The van der Waals surface area contributed by atoms with Crippen molar-refractivity contribution in [2.45, 2.75) is 68.4 Å². The Hall–Kier alpha value is -5.65. The topological polar surface area (TPSA) is 134 Å². The number of hydrogen-bond donors (Lipinski definition) is 3. The second kappa shape index (κ2) is 21.4. The van der Waals surface area contributed by atoms with Gasteiger partial charge in [-0.2, -0.15) is 11.8 Å². The molecule has 10 nitrogen and oxygen atoms in total. The Balaban J connectivity index is 1.09. The van der Waals surface area contributed by atoms with E-state index in [0.717, 1.165) is 38.9 Å². The summed E-state index contributed by atoms with van der Waals surface area (Å²) in [6.07, 6.45) is 3.93. The Labute approximate surface area is 351 Å². The predicted octanol–water partition coefficient (Wildman–Crippen LogP) is 7.35. The van der Waals surface area contributed by atoms with Gasteiger partial charge in [0.25, 0.3) is 0 Å². The summed E-state index contributed by atoms with van der Waals surface area (Å²) in [4.78, 5) is 56.2. The average molecular weight is 816 g/mol. The van der Waals surface area contributed by atoms with Crippen molar-refractivity contribution in [1.82, 2.24) is 15.5 Å². The van der Waals surface area contributed by atoms with Gasteiger partial charge in [-0.05, 0) is 64.6 Å². The van der Waals surface area contributed by atoms with Crippen LogP contribution in [0.15, 0.2) is 128 Å². The van der Waals surface area contributed by atoms with Gasteiger partial charge in [0.15, 0.2) is 0 Å². The third kappa shape index (κ3) is 11.3. The maximum Gasteiger partial charge on any atom is 0.407 e. The highest BCUT2D eigenvalue weighted by atomic mass is 32.2. The molecule has 4 aromatic carbocycles. The van der Waals surface area contributed by atoms with E-state index >= 15 is 0 Å². The van der Waals surface area contributed by atoms with Crippen LogP contribution in [0, 0.1) is 5.92 Å². The largest absolute Gasteiger partial charge is 0.462 e. The molecule has 308 valence electrons. The number of alkyl carbamates (subject to hydrolysis) is 1. The molecule has 2 aliphatic rings. The molecule has 1 aliphatic heterocycles. The maximum atomic E-state index is 13.9. The van der Waals surface area contributed by atoms with Crippen LogP contribution in [0.3, 0.4) is 0 Å². The van der Waals surface area contributed by atoms with E-state index < -0.39 is 30.1 Å². The zero-order valence-corrected chi connectivity index (χ0v) is 34.1. The fourth-order valence-electron chi connectivity index (χ4n) is 7.80. The van der Waals surface area contributed by atoms with Crippen molar-refractivity contribution in [2.24, 2.45) is 5.92 Å². The fourth-order valence-corrected chi connectivity index (χ4v) is 8.81. The molecule has 0 saturated carbocycles. The summed E-state index contributed by atoms with van der Waals surface area (Å²) in [5.74, 6) is -1.05. The smallest absolute Gasteiger partial charge is 0.407 e. The quantitative estimate of drug-likeness (QED) is 0.0624. The second-order valence-corrected chi connectivity index (χ2v) is 16.0. The molecule has 4 atom stereocenters. The van der Waals surface area contributed by atoms with Crippen LogP contribution in [-0.2, 0) is 42.6 Å². The SMILES string of the molecule is C=CCCC(NC(=O)OCC1c2ccccc2-c2ccccc21)C(=O)OCC(CSCc1ccccc1)NC(=O)C(CC=C)CC(=O)N1Cc2ccccc2CC1CO. The van der Waals surface area contributed by atoms with E-state index in [2.05, 4.69) is 35.9 Å². The van der Waals surface area contributed by atoms with E-state index in [0.29, 0.717) is 30.9 Å². The number of ether oxygens (including phenoxy) is 2. The number of carbonyl (C=O) groups is 4. The molecule has 0 radical (unpaired) electrons. The van der Waals surface area contributed by atoms with Gasteiger partial charge >= 0.3 is 12.1 Å². The van der Waals surface area contributed by atoms with Gasteiger partial charge in [-0.25, -0.2) is 9.59 Å². The Bertz CT molecular complexity index is 2050. The van der Waals surface area contributed by atoms with Crippen molar-refractivity contribution in [3.8, 4) is 11.1 Å². The summed E-state index contributed by atoms with van der Waals surface area (Å²) in [5, 5.41) is 15.9. The molecule has 4 unspecified atom stereocenters. The summed E-state index contributed by atoms with van der Waals surface area (Å²) in [6, 6.07) is 31.9. The van der Waals surface area contributed by atoms with E-state index in [4.69, 9.17) is 9.47 Å². The monoisotopic (exact) mass is 815 g/mol. The van der Waals surface area contributed by atoms with Crippen molar-refractivity contribution in [3.05, 3.63) is 156 Å². The van der Waals surface area contributed by atoms with Crippen LogP contribution in [0.2, 0.25) is 0 Å². The van der Waals surface area contributed by atoms with Crippen LogP contribution >= 0.6 is 11.8 Å². The molecule has 1 aliphatic carbocycles. The fraction of sp³-hybridized carbons (Fsp3) is 0.333. The minimum Gasteiger partial charge on any atom is -0.462 e. The number of rotatable bonds is 20. The normalized spacial score (nSPS) is 15.7. The van der Waals surface area contributed by atoms with Gasteiger partial charge in [-0.15, -0.1) is 13.2 Å². The number of nitrogens with one attached hydrogen (secondary N) is 2. The zero-order chi connectivity index (χ0) is 41.6. The first-order valence-corrected chi connectivity index (χ1v) is 21.3. The van der Waals surface area contributed by atoms with Gasteiger partial charge in [0.1, 0.15) is 19.3 Å². The summed E-state index contributed by atoms with van der Waals surface area (Å²) in [7, 11) is 0. The Kier molecular flexibility index (Phi) is 15.6. The first-order valence-electron chi connectivity index (χ1n) is 20.2. The van der Waals surface area contributed by atoms with Crippen molar-refractivity contribution >= 4 is 35.6 Å². The van der Waals surface area contributed by atoms with Gasteiger partial charge in [0.2, 0.25) is 11.8 Å². The maximum absolute atomic E-state index is 13.9. The average Bonchev–Trinajstić information content (AvgIpc) is 3.58. The molecule has 1 heterocycles. The van der Waals surface area contributed by atoms with Crippen molar-refractivity contribution < 1.29 is 33.8 Å². The summed E-state index contributed by atoms with van der Waals surface area (Å²) in [5.41, 5.74) is 7.60. The Morgan fingerprint density at radius 3 is 2.17 bits per heavy atom. The first kappa shape index (κ1) is 42.9. The number of allylic oxidation sites excluding steroid dienone is 2. The lowest BCUT2D eigenvalue weighted by Crippen LogP contribution is -2.49. The number of hydrogen-bond acceptors (Lipinski definition) is 8. The lowest BCUT2D eigenvalue weighted by Gasteiger charge is -2.36. The number of amides is 3. The summed E-state index contributed by atoms with van der Waals surface area (Å²) in [6.45, 7) is 7.72. The molecule has 11 heteroatoms. The summed E-state index contributed by atoms with van der Waals surface area (Å²) < 4.78 is 11.6. The molecule has 0 aromatic heterocycles. The van der Waals surface area contributed by atoms with Crippen LogP contribution in [0.1, 0.15) is 59.4 Å². The zero-order valence-electron chi connectivity index (χ0n) is 33.3. The van der Waals surface area contributed by atoms with Gasteiger partial charge in [-0.3, -0.25) is 9.59 Å². The highest BCUT2D eigenvalue weighted by molar-refractivity contribution is 7.98. The van der Waals surface area contributed by atoms with Crippen LogP contribution in [-0.4, -0.2) is 77.6 Å². The number of esters is 1. The number of aliphatic hydroxyl groups is 1. The third-order valence-electron chi connectivity index (χ3n) is 10.9. The lowest BCUT2D eigenvalue weighted by atomic mass is 9.92. The van der Waals surface area contributed by atoms with E-state index in [1.807, 2.05) is 91.0 Å². The molecule has 0 saturated heterocycles. The standard InChI is InChI=1S/C48H53N3O7S/c1-3-5-24-44(50-48(56)58-30-43-41-22-13-11-20-39(41)40-21-12-14-23-42(40)43)47(55)57-29-37(32-59-31-33-16-7-6-8-17-33)49-46(54)35(15-4-2)26-45(53)51-27-36-19-10-9-18-34(36)25-38(51)28-52/h3-4,6-14,16-23,35,37-38,43-44,52H,1-2,5,15,24-32H2,(H,49,54)(H,50,56). The number of benzene rings is 4. The molecule has 4 aromatic rings. The number of aliphatic hydroxyl groups excluding tert-OH is 1. The number of fused-ring (bicyclic) bond motifs is 4. The highest BCUT2D eigenvalue weighted by Crippen LogP contribution is 2.44. The lowest BCUT2D eigenvalue weighted by molar-refractivity contribution is -0.147. The van der Waals surface area contributed by atoms with Crippen LogP contribution in [0.5, 0.6) is 0 Å². The van der Waals surface area contributed by atoms with Crippen LogP contribution < -0.4 is 10.6 Å². The molecular weight excluding hydrogens is 763 g/mol. The van der Waals surface area contributed by atoms with Crippen molar-refractivity contribution in [1.29, 1.82) is 0 Å². The van der Waals surface area contributed by atoms with E-state index in [1.54, 1.807) is 28.8 Å². The van der Waals surface area contributed by atoms with Gasteiger partial charge in [0, 0.05) is 30.4 Å². The number of thioether (sulfide) groups is 1. The number of nitrogens with zero attached hydrogens (tertiary/aromatic N) is 1. The van der Waals surface area contributed by atoms with Crippen molar-refractivity contribution in [3.63, 3.8) is 0 Å². The molecule has 6 rings (SSSR count). The highest BCUT2D eigenvalue weighted by Gasteiger charge is 2.33. The minimum atomic E-state index is -1.02. The van der Waals surface area contributed by atoms with Gasteiger partial charge < -0.3 is 30.1 Å². The molecule has 59 heavy (non-hydrogen) atoms. The molecular formula is C48H53N3O7S. The van der Waals surface area contributed by atoms with Crippen LogP contribution in [0.25, 0.3) is 11.1 Å². The number of carbonyl (C=O) groups excluding carboxylic acids is 4. The molecule has 3 amide bonds. The molecule has 3 N–H and O–H groups in total. The van der Waals surface area contributed by atoms with Gasteiger partial charge in [0.05, 0.1) is 24.6 Å². The van der Waals surface area contributed by atoms with E-state index in [-0.39, 0.29) is 62.9 Å². The molecule has 0 bridgehead atoms. The predicted molar refractivity (Wildman–Crippen MR) is 231 cm³/mol. The molecule has 0 spiro atoms. The van der Waals surface area contributed by atoms with Crippen LogP contribution in [0.4, 0.5) is 4.79 Å². The van der Waals surface area contributed by atoms with Gasteiger partial charge in [-0.1, -0.05) is 115 Å². The molecule has 0 fully saturated rings. The Morgan fingerprint density at radius 2 is 1.49 bits per heavy atom.